The minimum Gasteiger partial charge on any atom is -0.385 e. The number of halogens is 1. The Labute approximate surface area is 146 Å². The minimum atomic E-state index is -0.736. The normalized spacial score (nSPS) is 20.7. The van der Waals surface area contributed by atoms with Gasteiger partial charge in [0.05, 0.1) is 5.60 Å². The van der Waals surface area contributed by atoms with Crippen molar-refractivity contribution in [1.82, 2.24) is 4.90 Å². The fourth-order valence-corrected chi connectivity index (χ4v) is 4.22. The van der Waals surface area contributed by atoms with Crippen molar-refractivity contribution >= 4 is 17.7 Å². The second-order valence-electron chi connectivity index (χ2n) is 7.35. The molecule has 0 radical (unpaired) electrons. The molecular weight excluding hydrogens is 306 g/mol. The van der Waals surface area contributed by atoms with Crippen LogP contribution in [0.5, 0.6) is 0 Å². The lowest BCUT2D eigenvalue weighted by molar-refractivity contribution is -0.0350. The highest BCUT2D eigenvalue weighted by Gasteiger charge is 2.44. The lowest BCUT2D eigenvalue weighted by atomic mass is 9.71. The van der Waals surface area contributed by atoms with Crippen molar-refractivity contribution in [3.63, 3.8) is 0 Å². The summed E-state index contributed by atoms with van der Waals surface area (Å²) in [7, 11) is 4.15. The predicted molar refractivity (Wildman–Crippen MR) is 99.7 cm³/mol. The van der Waals surface area contributed by atoms with E-state index < -0.39 is 5.60 Å². The summed E-state index contributed by atoms with van der Waals surface area (Å²) in [6.45, 7) is 5.15. The average Bonchev–Trinajstić information content (AvgIpc) is 3.02. The summed E-state index contributed by atoms with van der Waals surface area (Å²) >= 11 is 5.97. The maximum absolute atomic E-state index is 11.7. The molecule has 1 aromatic rings. The van der Waals surface area contributed by atoms with Crippen LogP contribution in [-0.4, -0.2) is 36.2 Å². The Morgan fingerprint density at radius 2 is 1.87 bits per heavy atom. The number of benzene rings is 1. The van der Waals surface area contributed by atoms with Crippen molar-refractivity contribution in [3.8, 4) is 0 Å². The maximum atomic E-state index is 11.7. The molecule has 2 atom stereocenters. The number of hydrogen-bond acceptors (Lipinski definition) is 2. The lowest BCUT2D eigenvalue weighted by Gasteiger charge is -2.41. The Kier molecular flexibility index (Phi) is 6.30. The van der Waals surface area contributed by atoms with Gasteiger partial charge >= 0.3 is 0 Å². The predicted octanol–water partition coefficient (Wildman–Crippen LogP) is 4.86. The van der Waals surface area contributed by atoms with Crippen molar-refractivity contribution in [2.24, 2.45) is 11.8 Å². The van der Waals surface area contributed by atoms with Gasteiger partial charge in [-0.15, -0.1) is 0 Å². The van der Waals surface area contributed by atoms with Crippen LogP contribution in [-0.2, 0) is 0 Å². The maximum Gasteiger partial charge on any atom is 0.0922 e. The van der Waals surface area contributed by atoms with E-state index >= 15 is 0 Å². The van der Waals surface area contributed by atoms with Gasteiger partial charge in [-0.2, -0.15) is 0 Å². The molecule has 1 aliphatic rings. The summed E-state index contributed by atoms with van der Waals surface area (Å²) in [6.07, 6.45) is 6.84. The highest BCUT2D eigenvalue weighted by molar-refractivity contribution is 6.30. The molecule has 0 bridgehead atoms. The molecule has 2 nitrogen and oxygen atoms in total. The zero-order chi connectivity index (χ0) is 17.0. The zero-order valence-electron chi connectivity index (χ0n) is 14.8. The third-order valence-electron chi connectivity index (χ3n) is 5.25. The van der Waals surface area contributed by atoms with E-state index in [0.717, 1.165) is 35.5 Å². The first-order chi connectivity index (χ1) is 10.8. The molecule has 1 N–H and O–H groups in total. The van der Waals surface area contributed by atoms with Crippen LogP contribution < -0.4 is 0 Å². The largest absolute Gasteiger partial charge is 0.385 e. The highest BCUT2D eigenvalue weighted by Crippen LogP contribution is 2.43. The van der Waals surface area contributed by atoms with Gasteiger partial charge in [-0.1, -0.05) is 49.6 Å². The number of rotatable bonds is 6. The van der Waals surface area contributed by atoms with Crippen molar-refractivity contribution in [1.29, 1.82) is 0 Å². The SMILES string of the molecule is C/C(=C\c1ccc(Cl)cc1)C(O)(C(C)CN(C)C)C1CCCC1. The molecule has 1 saturated carbocycles. The van der Waals surface area contributed by atoms with E-state index in [1.807, 2.05) is 24.3 Å². The van der Waals surface area contributed by atoms with Crippen LogP contribution >= 0.6 is 11.6 Å². The van der Waals surface area contributed by atoms with Crippen LogP contribution in [0.25, 0.3) is 6.08 Å². The first-order valence-electron chi connectivity index (χ1n) is 8.65. The fraction of sp³-hybridized carbons (Fsp3) is 0.600. The van der Waals surface area contributed by atoms with E-state index in [1.54, 1.807) is 0 Å². The summed E-state index contributed by atoms with van der Waals surface area (Å²) in [5.41, 5.74) is 1.43. The summed E-state index contributed by atoms with van der Waals surface area (Å²) in [4.78, 5) is 2.17. The molecule has 2 rings (SSSR count). The Bertz CT molecular complexity index is 531. The molecule has 0 saturated heterocycles. The Morgan fingerprint density at radius 1 is 1.30 bits per heavy atom. The lowest BCUT2D eigenvalue weighted by Crippen LogP contribution is -2.47. The van der Waals surface area contributed by atoms with E-state index in [9.17, 15) is 5.11 Å². The van der Waals surface area contributed by atoms with Gasteiger partial charge in [0.1, 0.15) is 0 Å². The summed E-state index contributed by atoms with van der Waals surface area (Å²) in [5.74, 6) is 0.560. The molecule has 0 heterocycles. The second kappa shape index (κ2) is 7.83. The molecule has 1 fully saturated rings. The zero-order valence-corrected chi connectivity index (χ0v) is 15.6. The van der Waals surface area contributed by atoms with E-state index in [-0.39, 0.29) is 5.92 Å². The molecule has 23 heavy (non-hydrogen) atoms. The van der Waals surface area contributed by atoms with Crippen LogP contribution in [0.1, 0.15) is 45.1 Å². The summed E-state index contributed by atoms with van der Waals surface area (Å²) < 4.78 is 0. The monoisotopic (exact) mass is 335 g/mol. The molecule has 0 aliphatic heterocycles. The minimum absolute atomic E-state index is 0.198. The highest BCUT2D eigenvalue weighted by atomic mass is 35.5. The quantitative estimate of drug-likeness (QED) is 0.802. The molecule has 0 aromatic heterocycles. The average molecular weight is 336 g/mol. The number of hydrogen-bond donors (Lipinski definition) is 1. The van der Waals surface area contributed by atoms with Crippen molar-refractivity contribution in [2.75, 3.05) is 20.6 Å². The summed E-state index contributed by atoms with van der Waals surface area (Å²) in [6, 6.07) is 7.83. The fourth-order valence-electron chi connectivity index (χ4n) is 4.09. The van der Waals surface area contributed by atoms with E-state index in [4.69, 9.17) is 11.6 Å². The van der Waals surface area contributed by atoms with Gasteiger partial charge < -0.3 is 10.0 Å². The van der Waals surface area contributed by atoms with Crippen LogP contribution in [0.2, 0.25) is 5.02 Å². The molecule has 0 spiro atoms. The number of nitrogens with zero attached hydrogens (tertiary/aromatic N) is 1. The van der Waals surface area contributed by atoms with Gasteiger partial charge in [0.15, 0.2) is 0 Å². The molecule has 1 aromatic carbocycles. The topological polar surface area (TPSA) is 23.5 Å². The van der Waals surface area contributed by atoms with E-state index in [2.05, 4.69) is 38.9 Å². The van der Waals surface area contributed by atoms with E-state index in [0.29, 0.717) is 5.92 Å². The van der Waals surface area contributed by atoms with Gasteiger partial charge in [-0.3, -0.25) is 0 Å². The molecule has 1 aliphatic carbocycles. The van der Waals surface area contributed by atoms with Crippen LogP contribution in [0.4, 0.5) is 0 Å². The van der Waals surface area contributed by atoms with Crippen LogP contribution in [0.15, 0.2) is 29.8 Å². The molecule has 128 valence electrons. The van der Waals surface area contributed by atoms with Crippen LogP contribution in [0.3, 0.4) is 0 Å². The van der Waals surface area contributed by atoms with Crippen molar-refractivity contribution < 1.29 is 5.11 Å². The molecule has 0 amide bonds. The standard InChI is InChI=1S/C20H30ClNO/c1-15(13-17-9-11-19(21)12-10-17)20(23,16(2)14-22(3)4)18-7-5-6-8-18/h9-13,16,18,23H,5-8,14H2,1-4H3/b15-13+. The van der Waals surface area contributed by atoms with Gasteiger partial charge in [-0.25, -0.2) is 0 Å². The summed E-state index contributed by atoms with van der Waals surface area (Å²) in [5, 5.41) is 12.4. The first-order valence-corrected chi connectivity index (χ1v) is 9.03. The Morgan fingerprint density at radius 3 is 2.39 bits per heavy atom. The van der Waals surface area contributed by atoms with E-state index in [1.165, 1.54) is 12.8 Å². The smallest absolute Gasteiger partial charge is 0.0922 e. The van der Waals surface area contributed by atoms with Gasteiger partial charge in [0.25, 0.3) is 0 Å². The number of aliphatic hydroxyl groups is 1. The Hall–Kier alpha value is -0.830. The van der Waals surface area contributed by atoms with Gasteiger partial charge in [0.2, 0.25) is 0 Å². The first kappa shape index (κ1) is 18.5. The van der Waals surface area contributed by atoms with Crippen LogP contribution in [0, 0.1) is 11.8 Å². The van der Waals surface area contributed by atoms with Gasteiger partial charge in [0, 0.05) is 17.5 Å². The van der Waals surface area contributed by atoms with Crippen molar-refractivity contribution in [2.45, 2.75) is 45.1 Å². The molecule has 2 unspecified atom stereocenters. The van der Waals surface area contributed by atoms with Gasteiger partial charge in [-0.05, 0) is 63.0 Å². The molecule has 3 heteroatoms. The van der Waals surface area contributed by atoms with Crippen molar-refractivity contribution in [3.05, 3.63) is 40.4 Å². The second-order valence-corrected chi connectivity index (χ2v) is 7.79. The third-order valence-corrected chi connectivity index (χ3v) is 5.50. The molecular formula is C20H30ClNO. The third kappa shape index (κ3) is 4.37. The Balaban J connectivity index is 2.33.